The van der Waals surface area contributed by atoms with Gasteiger partial charge in [0.25, 0.3) is 0 Å². The van der Waals surface area contributed by atoms with Crippen molar-refractivity contribution >= 4 is 0 Å². The minimum absolute atomic E-state index is 0.633. The van der Waals surface area contributed by atoms with Crippen molar-refractivity contribution in [1.29, 1.82) is 0 Å². The summed E-state index contributed by atoms with van der Waals surface area (Å²) in [7, 11) is 0. The Balaban J connectivity index is 1.28. The van der Waals surface area contributed by atoms with Gasteiger partial charge in [-0.05, 0) is 48.1 Å². The van der Waals surface area contributed by atoms with Crippen LogP contribution in [0.5, 0.6) is 11.5 Å². The van der Waals surface area contributed by atoms with Gasteiger partial charge in [-0.1, -0.05) is 12.1 Å². The number of aromatic nitrogens is 1. The highest BCUT2D eigenvalue weighted by Crippen LogP contribution is 2.33. The molecule has 2 bridgehead atoms. The van der Waals surface area contributed by atoms with Crippen LogP contribution in [-0.2, 0) is 13.1 Å². The number of benzene rings is 1. The van der Waals surface area contributed by atoms with Crippen LogP contribution < -0.4 is 9.47 Å². The summed E-state index contributed by atoms with van der Waals surface area (Å²) in [5, 5.41) is 0. The van der Waals surface area contributed by atoms with E-state index in [0.717, 1.165) is 37.1 Å². The minimum Gasteiger partial charge on any atom is -0.486 e. The van der Waals surface area contributed by atoms with Gasteiger partial charge in [0.2, 0.25) is 0 Å². The van der Waals surface area contributed by atoms with Crippen LogP contribution in [0.15, 0.2) is 42.7 Å². The predicted molar refractivity (Wildman–Crippen MR) is 104 cm³/mol. The van der Waals surface area contributed by atoms with E-state index in [4.69, 9.17) is 9.47 Å². The summed E-state index contributed by atoms with van der Waals surface area (Å²) in [6.07, 6.45) is 6.51. The molecule has 5 heterocycles. The van der Waals surface area contributed by atoms with Gasteiger partial charge in [0, 0.05) is 51.2 Å². The third kappa shape index (κ3) is 3.80. The second-order valence-corrected chi connectivity index (χ2v) is 8.06. The zero-order valence-corrected chi connectivity index (χ0v) is 15.7. The number of rotatable bonds is 4. The molecule has 0 aliphatic carbocycles. The lowest BCUT2D eigenvalue weighted by Crippen LogP contribution is -2.43. The van der Waals surface area contributed by atoms with Crippen LogP contribution in [0, 0.1) is 5.92 Å². The molecule has 5 nitrogen and oxygen atoms in total. The lowest BCUT2D eigenvalue weighted by atomic mass is 9.94. The van der Waals surface area contributed by atoms with Gasteiger partial charge in [-0.3, -0.25) is 14.8 Å². The summed E-state index contributed by atoms with van der Waals surface area (Å²) < 4.78 is 11.4. The van der Waals surface area contributed by atoms with Crippen molar-refractivity contribution in [3.05, 3.63) is 53.9 Å². The number of nitrogens with zero attached hydrogens (tertiary/aromatic N) is 3. The number of hydrogen-bond acceptors (Lipinski definition) is 5. The molecule has 0 spiro atoms. The average Bonchev–Trinajstić information content (AvgIpc) is 2.99. The zero-order valence-electron chi connectivity index (χ0n) is 15.7. The molecule has 3 fully saturated rings. The molecule has 27 heavy (non-hydrogen) atoms. The van der Waals surface area contributed by atoms with E-state index in [1.807, 2.05) is 18.5 Å². The standard InChI is InChI=1S/C22H27N3O2/c1-2-18(11-23-7-1)12-24-13-19-3-5-20(16-24)25(15-19)14-17-4-6-21-22(10-17)27-9-8-26-21/h1-2,4,6-7,10-11,19-20H,3,5,8-9,12-16H2/t19-,20+/m0/s1. The van der Waals surface area contributed by atoms with Crippen LogP contribution in [0.25, 0.3) is 0 Å². The molecule has 142 valence electrons. The highest BCUT2D eigenvalue weighted by Gasteiger charge is 2.34. The smallest absolute Gasteiger partial charge is 0.161 e. The van der Waals surface area contributed by atoms with Crippen molar-refractivity contribution in [3.8, 4) is 11.5 Å². The lowest BCUT2D eigenvalue weighted by molar-refractivity contribution is 0.122. The van der Waals surface area contributed by atoms with Crippen molar-refractivity contribution in [2.75, 3.05) is 32.8 Å². The van der Waals surface area contributed by atoms with E-state index in [1.54, 1.807) is 0 Å². The van der Waals surface area contributed by atoms with Crippen LogP contribution in [0.2, 0.25) is 0 Å². The summed E-state index contributed by atoms with van der Waals surface area (Å²) in [4.78, 5) is 9.59. The molecule has 0 radical (unpaired) electrons. The predicted octanol–water partition coefficient (Wildman–Crippen LogP) is 2.95. The lowest BCUT2D eigenvalue weighted by Gasteiger charge is -2.36. The first-order valence-electron chi connectivity index (χ1n) is 10.1. The highest BCUT2D eigenvalue weighted by molar-refractivity contribution is 5.43. The van der Waals surface area contributed by atoms with Gasteiger partial charge in [0.1, 0.15) is 13.2 Å². The highest BCUT2D eigenvalue weighted by atomic mass is 16.6. The van der Waals surface area contributed by atoms with Gasteiger partial charge in [-0.2, -0.15) is 0 Å². The Labute approximate surface area is 160 Å². The maximum atomic E-state index is 5.77. The SMILES string of the molecule is c1cncc(CN2C[C@@H]3CC[C@H](C2)N(Cc2ccc4c(c2)OCCO4)C3)c1. The molecule has 5 heteroatoms. The molecule has 0 unspecified atom stereocenters. The second kappa shape index (κ2) is 7.49. The number of hydrogen-bond donors (Lipinski definition) is 0. The Morgan fingerprint density at radius 2 is 1.85 bits per heavy atom. The minimum atomic E-state index is 0.633. The summed E-state index contributed by atoms with van der Waals surface area (Å²) in [6, 6.07) is 11.3. The van der Waals surface area contributed by atoms with Crippen molar-refractivity contribution in [2.45, 2.75) is 32.0 Å². The van der Waals surface area contributed by atoms with Crippen LogP contribution in [0.1, 0.15) is 24.0 Å². The summed E-state index contributed by atoms with van der Waals surface area (Å²) in [5.74, 6) is 2.54. The van der Waals surface area contributed by atoms with Crippen molar-refractivity contribution < 1.29 is 9.47 Å². The molecule has 3 saturated heterocycles. The molecule has 1 aromatic heterocycles. The van der Waals surface area contributed by atoms with Gasteiger partial charge < -0.3 is 9.47 Å². The van der Waals surface area contributed by atoms with Gasteiger partial charge in [-0.25, -0.2) is 0 Å². The van der Waals surface area contributed by atoms with Gasteiger partial charge >= 0.3 is 0 Å². The molecule has 6 rings (SSSR count). The first-order valence-corrected chi connectivity index (χ1v) is 10.1. The van der Waals surface area contributed by atoms with Gasteiger partial charge in [0.05, 0.1) is 0 Å². The van der Waals surface area contributed by atoms with Gasteiger partial charge in [-0.15, -0.1) is 0 Å². The van der Waals surface area contributed by atoms with Crippen molar-refractivity contribution in [2.24, 2.45) is 5.92 Å². The first-order chi connectivity index (χ1) is 13.3. The number of piperidine rings is 1. The topological polar surface area (TPSA) is 37.8 Å². The number of ether oxygens (including phenoxy) is 2. The molecular formula is C22H27N3O2. The summed E-state index contributed by atoms with van der Waals surface area (Å²) >= 11 is 0. The molecule has 0 amide bonds. The monoisotopic (exact) mass is 365 g/mol. The second-order valence-electron chi connectivity index (χ2n) is 8.06. The quantitative estimate of drug-likeness (QED) is 0.833. The largest absolute Gasteiger partial charge is 0.486 e. The zero-order chi connectivity index (χ0) is 18.1. The maximum Gasteiger partial charge on any atom is 0.161 e. The maximum absolute atomic E-state index is 5.77. The molecule has 0 N–H and O–H groups in total. The number of fused-ring (bicyclic) bond motifs is 5. The molecule has 4 aliphatic heterocycles. The average molecular weight is 365 g/mol. The fourth-order valence-electron chi connectivity index (χ4n) is 4.77. The van der Waals surface area contributed by atoms with E-state index in [-0.39, 0.29) is 0 Å². The third-order valence-electron chi connectivity index (χ3n) is 6.02. The molecule has 2 atom stereocenters. The Kier molecular flexibility index (Phi) is 4.72. The van der Waals surface area contributed by atoms with Crippen molar-refractivity contribution in [1.82, 2.24) is 14.8 Å². The van der Waals surface area contributed by atoms with Crippen LogP contribution >= 0.6 is 0 Å². The fraction of sp³-hybridized carbons (Fsp3) is 0.500. The van der Waals surface area contributed by atoms with E-state index in [2.05, 4.69) is 39.0 Å². The van der Waals surface area contributed by atoms with Crippen LogP contribution in [0.3, 0.4) is 0 Å². The summed E-state index contributed by atoms with van der Waals surface area (Å²) in [5.41, 5.74) is 2.64. The molecule has 2 aromatic rings. The molecule has 1 aromatic carbocycles. The first kappa shape index (κ1) is 17.0. The third-order valence-corrected chi connectivity index (χ3v) is 6.02. The molecule has 0 saturated carbocycles. The van der Waals surface area contributed by atoms with E-state index in [1.165, 1.54) is 37.1 Å². The Morgan fingerprint density at radius 3 is 2.74 bits per heavy atom. The van der Waals surface area contributed by atoms with Gasteiger partial charge in [0.15, 0.2) is 11.5 Å². The Morgan fingerprint density at radius 1 is 0.926 bits per heavy atom. The Hall–Kier alpha value is -2.11. The van der Waals surface area contributed by atoms with E-state index in [0.29, 0.717) is 19.3 Å². The van der Waals surface area contributed by atoms with Crippen LogP contribution in [0.4, 0.5) is 0 Å². The van der Waals surface area contributed by atoms with E-state index >= 15 is 0 Å². The van der Waals surface area contributed by atoms with Crippen molar-refractivity contribution in [3.63, 3.8) is 0 Å². The van der Waals surface area contributed by atoms with E-state index in [9.17, 15) is 0 Å². The summed E-state index contributed by atoms with van der Waals surface area (Å²) in [6.45, 7) is 6.85. The number of pyridine rings is 1. The molecule has 4 aliphatic rings. The molecular weight excluding hydrogens is 338 g/mol. The fourth-order valence-corrected chi connectivity index (χ4v) is 4.77. The normalized spacial score (nSPS) is 25.3. The van der Waals surface area contributed by atoms with E-state index < -0.39 is 0 Å². The Bertz CT molecular complexity index is 782. The van der Waals surface area contributed by atoms with Crippen LogP contribution in [-0.4, -0.2) is 53.7 Å².